The van der Waals surface area contributed by atoms with Crippen molar-refractivity contribution in [3.8, 4) is 11.3 Å². The van der Waals surface area contributed by atoms with E-state index in [0.717, 1.165) is 42.4 Å². The summed E-state index contributed by atoms with van der Waals surface area (Å²) in [5.74, 6) is 1.33. The van der Waals surface area contributed by atoms with Crippen molar-refractivity contribution in [3.63, 3.8) is 0 Å². The molecule has 1 saturated heterocycles. The Labute approximate surface area is 175 Å². The number of nitrogens with zero attached hydrogens (tertiary/aromatic N) is 5. The summed E-state index contributed by atoms with van der Waals surface area (Å²) in [7, 11) is 0. The molecule has 5 rings (SSSR count). The number of nitrogens with one attached hydrogen (secondary N) is 1. The molecule has 2 aromatic heterocycles. The fourth-order valence-electron chi connectivity index (χ4n) is 4.54. The second-order valence-corrected chi connectivity index (χ2v) is 8.22. The van der Waals surface area contributed by atoms with E-state index in [4.69, 9.17) is 9.97 Å². The Kier molecular flexibility index (Phi) is 4.73. The van der Waals surface area contributed by atoms with Crippen LogP contribution < -0.4 is 15.4 Å². The van der Waals surface area contributed by atoms with E-state index in [-0.39, 0.29) is 11.6 Å². The molecule has 1 aromatic carbocycles. The number of H-pyrrole nitrogens is 1. The largest absolute Gasteiger partial charge is 0.341 e. The van der Waals surface area contributed by atoms with E-state index in [0.29, 0.717) is 11.6 Å². The molecule has 30 heavy (non-hydrogen) atoms. The molecule has 7 heteroatoms. The van der Waals surface area contributed by atoms with Gasteiger partial charge in [0.25, 0.3) is 5.56 Å². The first-order chi connectivity index (χ1) is 14.6. The van der Waals surface area contributed by atoms with Gasteiger partial charge in [-0.15, -0.1) is 0 Å². The Morgan fingerprint density at radius 2 is 1.90 bits per heavy atom. The first-order valence-corrected chi connectivity index (χ1v) is 10.7. The zero-order valence-corrected chi connectivity index (χ0v) is 17.4. The number of fused-ring (bicyclic) bond motifs is 1. The fraction of sp³-hybridized carbons (Fsp3) is 0.391. The first kappa shape index (κ1) is 18.8. The van der Waals surface area contributed by atoms with Gasteiger partial charge in [0.05, 0.1) is 11.4 Å². The Hall–Kier alpha value is -3.22. The van der Waals surface area contributed by atoms with Gasteiger partial charge in [-0.1, -0.05) is 18.2 Å². The number of benzene rings is 1. The second kappa shape index (κ2) is 7.55. The summed E-state index contributed by atoms with van der Waals surface area (Å²) in [5.41, 5.74) is 4.43. The molecule has 0 radical (unpaired) electrons. The minimum absolute atomic E-state index is 0.175. The second-order valence-electron chi connectivity index (χ2n) is 8.22. The third-order valence-corrected chi connectivity index (χ3v) is 6.05. The molecule has 3 aromatic rings. The summed E-state index contributed by atoms with van der Waals surface area (Å²) in [5, 5.41) is 0. The van der Waals surface area contributed by atoms with Crippen molar-refractivity contribution >= 4 is 17.6 Å². The van der Waals surface area contributed by atoms with E-state index in [2.05, 4.69) is 38.8 Å². The molecule has 0 spiro atoms. The van der Waals surface area contributed by atoms with Crippen molar-refractivity contribution in [1.82, 2.24) is 19.9 Å². The average molecular weight is 403 g/mol. The summed E-state index contributed by atoms with van der Waals surface area (Å²) in [4.78, 5) is 33.9. The third kappa shape index (κ3) is 3.34. The van der Waals surface area contributed by atoms with Gasteiger partial charge in [0, 0.05) is 42.6 Å². The summed E-state index contributed by atoms with van der Waals surface area (Å²) in [6.07, 6.45) is 6.36. The topological polar surface area (TPSA) is 78.0 Å². The molecule has 2 aliphatic rings. The number of aryl methyl sites for hydroxylation is 1. The average Bonchev–Trinajstić information content (AvgIpc) is 3.09. The van der Waals surface area contributed by atoms with Crippen molar-refractivity contribution in [2.24, 2.45) is 0 Å². The SMILES string of the molecule is Cc1nc(N2CCCCC2)ncc1-c1cc(=O)[nH]c(N2c3ccccc3CC2C)n1. The maximum absolute atomic E-state index is 12.5. The molecule has 1 unspecified atom stereocenters. The Morgan fingerprint density at radius 1 is 1.10 bits per heavy atom. The highest BCUT2D eigenvalue weighted by atomic mass is 16.1. The number of hydrogen-bond acceptors (Lipinski definition) is 6. The standard InChI is InChI=1S/C23H26N6O/c1-15-12-17-8-4-5-9-20(17)29(15)23-26-19(13-21(30)27-23)18-14-24-22(25-16(18)2)28-10-6-3-7-11-28/h4-5,8-9,13-15H,3,6-7,10-12H2,1-2H3,(H,26,27,30). The zero-order valence-electron chi connectivity index (χ0n) is 17.4. The Balaban J connectivity index is 1.52. The van der Waals surface area contributed by atoms with Crippen LogP contribution in [0.4, 0.5) is 17.6 Å². The maximum Gasteiger partial charge on any atom is 0.252 e. The van der Waals surface area contributed by atoms with Crippen molar-refractivity contribution < 1.29 is 0 Å². The minimum atomic E-state index is -0.175. The van der Waals surface area contributed by atoms with E-state index in [1.54, 1.807) is 6.20 Å². The third-order valence-electron chi connectivity index (χ3n) is 6.05. The lowest BCUT2D eigenvalue weighted by atomic mass is 10.1. The van der Waals surface area contributed by atoms with Crippen LogP contribution in [0.5, 0.6) is 0 Å². The van der Waals surface area contributed by atoms with Crippen LogP contribution in [0.3, 0.4) is 0 Å². The highest BCUT2D eigenvalue weighted by molar-refractivity contribution is 5.69. The normalized spacial score (nSPS) is 18.5. The van der Waals surface area contributed by atoms with Gasteiger partial charge in [-0.2, -0.15) is 0 Å². The predicted octanol–water partition coefficient (Wildman–Crippen LogP) is 3.61. The maximum atomic E-state index is 12.5. The molecular weight excluding hydrogens is 376 g/mol. The van der Waals surface area contributed by atoms with Crippen LogP contribution in [0.15, 0.2) is 41.3 Å². The number of anilines is 3. The molecule has 1 fully saturated rings. The Bertz CT molecular complexity index is 1130. The molecule has 0 amide bonds. The van der Waals surface area contributed by atoms with Crippen LogP contribution in [0.2, 0.25) is 0 Å². The van der Waals surface area contributed by atoms with E-state index in [9.17, 15) is 4.79 Å². The number of para-hydroxylation sites is 1. The lowest BCUT2D eigenvalue weighted by molar-refractivity contribution is 0.568. The molecule has 2 aliphatic heterocycles. The molecule has 0 bridgehead atoms. The smallest absolute Gasteiger partial charge is 0.252 e. The van der Waals surface area contributed by atoms with Gasteiger partial charge in [-0.05, 0) is 51.2 Å². The predicted molar refractivity (Wildman–Crippen MR) is 118 cm³/mol. The van der Waals surface area contributed by atoms with Crippen LogP contribution in [-0.2, 0) is 6.42 Å². The zero-order chi connectivity index (χ0) is 20.7. The molecule has 0 saturated carbocycles. The lowest BCUT2D eigenvalue weighted by Gasteiger charge is -2.27. The van der Waals surface area contributed by atoms with Crippen molar-refractivity contribution in [2.45, 2.75) is 45.6 Å². The van der Waals surface area contributed by atoms with E-state index in [1.165, 1.54) is 30.9 Å². The van der Waals surface area contributed by atoms with Crippen molar-refractivity contribution in [3.05, 3.63) is 58.1 Å². The van der Waals surface area contributed by atoms with E-state index < -0.39 is 0 Å². The molecule has 0 aliphatic carbocycles. The molecule has 1 atom stereocenters. The van der Waals surface area contributed by atoms with Gasteiger partial charge in [0.2, 0.25) is 11.9 Å². The van der Waals surface area contributed by atoms with Gasteiger partial charge < -0.3 is 9.80 Å². The fourth-order valence-corrected chi connectivity index (χ4v) is 4.54. The quantitative estimate of drug-likeness (QED) is 0.721. The van der Waals surface area contributed by atoms with Crippen LogP contribution in [0, 0.1) is 6.92 Å². The summed E-state index contributed by atoms with van der Waals surface area (Å²) in [6.45, 7) is 6.10. The van der Waals surface area contributed by atoms with Crippen LogP contribution in [0.1, 0.15) is 37.4 Å². The van der Waals surface area contributed by atoms with Crippen molar-refractivity contribution in [1.29, 1.82) is 0 Å². The Morgan fingerprint density at radius 3 is 2.70 bits per heavy atom. The highest BCUT2D eigenvalue weighted by Crippen LogP contribution is 2.36. The summed E-state index contributed by atoms with van der Waals surface area (Å²) in [6, 6.07) is 10.0. The molecule has 7 nitrogen and oxygen atoms in total. The molecule has 1 N–H and O–H groups in total. The van der Waals surface area contributed by atoms with Gasteiger partial charge in [-0.25, -0.2) is 15.0 Å². The van der Waals surface area contributed by atoms with E-state index >= 15 is 0 Å². The number of rotatable bonds is 3. The van der Waals surface area contributed by atoms with Crippen LogP contribution in [-0.4, -0.2) is 39.1 Å². The number of hydrogen-bond donors (Lipinski definition) is 1. The van der Waals surface area contributed by atoms with Gasteiger partial charge >= 0.3 is 0 Å². The van der Waals surface area contributed by atoms with Crippen LogP contribution in [0.25, 0.3) is 11.3 Å². The molecular formula is C23H26N6O. The minimum Gasteiger partial charge on any atom is -0.341 e. The first-order valence-electron chi connectivity index (χ1n) is 10.7. The highest BCUT2D eigenvalue weighted by Gasteiger charge is 2.29. The van der Waals surface area contributed by atoms with Gasteiger partial charge in [0.15, 0.2) is 0 Å². The molecule has 4 heterocycles. The van der Waals surface area contributed by atoms with Gasteiger partial charge in [0.1, 0.15) is 0 Å². The lowest BCUT2D eigenvalue weighted by Crippen LogP contribution is -2.31. The number of aromatic nitrogens is 4. The van der Waals surface area contributed by atoms with Crippen LogP contribution >= 0.6 is 0 Å². The summed E-state index contributed by atoms with van der Waals surface area (Å²) >= 11 is 0. The number of piperidine rings is 1. The van der Waals surface area contributed by atoms with Crippen molar-refractivity contribution in [2.75, 3.05) is 22.9 Å². The van der Waals surface area contributed by atoms with Gasteiger partial charge in [-0.3, -0.25) is 9.78 Å². The monoisotopic (exact) mass is 402 g/mol. The molecule has 154 valence electrons. The number of aromatic amines is 1. The van der Waals surface area contributed by atoms with E-state index in [1.807, 2.05) is 19.1 Å². The summed E-state index contributed by atoms with van der Waals surface area (Å²) < 4.78 is 0.